The van der Waals surface area contributed by atoms with Crippen molar-refractivity contribution in [2.24, 2.45) is 0 Å². The van der Waals surface area contributed by atoms with Crippen LogP contribution in [0.2, 0.25) is 13.3 Å². The molecule has 1 aliphatic rings. The summed E-state index contributed by atoms with van der Waals surface area (Å²) in [5.74, 6) is -0.838. The normalized spacial score (nSPS) is 16.3. The van der Waals surface area contributed by atoms with E-state index >= 15 is 0 Å². The van der Waals surface area contributed by atoms with Gasteiger partial charge in [-0.1, -0.05) is 0 Å². The van der Waals surface area contributed by atoms with Gasteiger partial charge in [-0.2, -0.15) is 0 Å². The fourth-order valence-corrected chi connectivity index (χ4v) is 77.8. The summed E-state index contributed by atoms with van der Waals surface area (Å²) in [5, 5.41) is 0. The molecular formula is C41H78O5Sn2. The zero-order valence-corrected chi connectivity index (χ0v) is 38.0. The van der Waals surface area contributed by atoms with Crippen molar-refractivity contribution < 1.29 is 18.8 Å². The second-order valence-corrected chi connectivity index (χ2v) is 62.9. The Balaban J connectivity index is 3.54. The van der Waals surface area contributed by atoms with Crippen molar-refractivity contribution in [2.45, 2.75) is 220 Å². The summed E-state index contributed by atoms with van der Waals surface area (Å²) in [7, 11) is 0. The molecule has 1 aliphatic heterocycles. The van der Waals surface area contributed by atoms with Crippen molar-refractivity contribution in [3.8, 4) is 0 Å². The summed E-state index contributed by atoms with van der Waals surface area (Å²) in [6, 6.07) is 0. The zero-order valence-electron chi connectivity index (χ0n) is 32.3. The Morgan fingerprint density at radius 2 is 0.896 bits per heavy atom. The van der Waals surface area contributed by atoms with Gasteiger partial charge in [0.2, 0.25) is 0 Å². The van der Waals surface area contributed by atoms with Crippen LogP contribution >= 0.6 is 0 Å². The molecule has 0 spiro atoms. The molecule has 0 aromatic rings. The first kappa shape index (κ1) is 46.0. The molecule has 0 aromatic carbocycles. The summed E-state index contributed by atoms with van der Waals surface area (Å²) in [6.07, 6.45) is 35.4. The van der Waals surface area contributed by atoms with E-state index in [1.165, 1.54) is 153 Å². The molecule has 0 aromatic heterocycles. The molecule has 0 N–H and O–H groups in total. The van der Waals surface area contributed by atoms with Gasteiger partial charge < -0.3 is 0 Å². The molecule has 1 rings (SSSR count). The van der Waals surface area contributed by atoms with Gasteiger partial charge in [-0.25, -0.2) is 0 Å². The summed E-state index contributed by atoms with van der Waals surface area (Å²) in [4.78, 5) is 26.3. The molecule has 0 unspecified atom stereocenters. The van der Waals surface area contributed by atoms with Gasteiger partial charge in [0, 0.05) is 0 Å². The van der Waals surface area contributed by atoms with E-state index in [-0.39, 0.29) is 5.60 Å². The first-order chi connectivity index (χ1) is 23.3. The molecule has 0 aliphatic carbocycles. The fraction of sp³-hybridized carbons (Fsp3) is 0.854. The maximum atomic E-state index is 13.2. The van der Waals surface area contributed by atoms with Crippen LogP contribution in [0, 0.1) is 0 Å². The number of hydrogen-bond donors (Lipinski definition) is 0. The average molecular weight is 888 g/mol. The second-order valence-electron chi connectivity index (χ2n) is 14.9. The molecule has 0 amide bonds. The van der Waals surface area contributed by atoms with E-state index in [1.807, 2.05) is 0 Å². The number of carbonyl (C=O) groups is 2. The third-order valence-electron chi connectivity index (χ3n) is 10.7. The first-order valence-corrected chi connectivity index (χ1v) is 41.3. The monoisotopic (exact) mass is 890 g/mol. The van der Waals surface area contributed by atoms with Crippen LogP contribution in [-0.4, -0.2) is 47.6 Å². The van der Waals surface area contributed by atoms with Crippen molar-refractivity contribution in [3.05, 3.63) is 25.3 Å². The van der Waals surface area contributed by atoms with Crippen LogP contribution in [0.15, 0.2) is 25.3 Å². The van der Waals surface area contributed by atoms with Crippen LogP contribution in [0.3, 0.4) is 0 Å². The van der Waals surface area contributed by atoms with Gasteiger partial charge in [-0.05, 0) is 0 Å². The standard InChI is InChI=1S/C19H38O.2C8H17.2C3H4O2.2Sn/c1-4-7-9-11-13-15-17-19(20,6-3)18-16-14-12-10-8-5-2;2*1-3-5-7-8-6-4-2;2*1-2-3(4)5;;/h3-18H2,1-2H3;2*1,3-8H2,2H3;2*2H,1H2,(H,4,5);;/q-1;;;;;+1;+2/p-2. The first-order valence-electron chi connectivity index (χ1n) is 20.7. The van der Waals surface area contributed by atoms with Gasteiger partial charge in [0.25, 0.3) is 0 Å². The van der Waals surface area contributed by atoms with Gasteiger partial charge in [0.15, 0.2) is 0 Å². The van der Waals surface area contributed by atoms with Crippen LogP contribution < -0.4 is 0 Å². The summed E-state index contributed by atoms with van der Waals surface area (Å²) in [5.41, 5.74) is -0.169. The molecule has 7 heteroatoms. The Morgan fingerprint density at radius 3 is 1.25 bits per heavy atom. The Kier molecular flexibility index (Phi) is 27.4. The van der Waals surface area contributed by atoms with Crippen LogP contribution in [0.25, 0.3) is 0 Å². The third kappa shape index (κ3) is 18.0. The third-order valence-corrected chi connectivity index (χ3v) is 76.1. The number of unbranched alkanes of at least 4 members (excludes halogenated alkanes) is 20. The van der Waals surface area contributed by atoms with E-state index < -0.39 is 42.0 Å². The maximum absolute atomic E-state index is 13.2. The molecule has 0 radical (unpaired) electrons. The Bertz CT molecular complexity index is 806. The fourth-order valence-electron chi connectivity index (χ4n) is 7.80. The van der Waals surface area contributed by atoms with Crippen LogP contribution in [0.5, 0.6) is 0 Å². The molecule has 1 saturated heterocycles. The van der Waals surface area contributed by atoms with Crippen molar-refractivity contribution in [3.63, 3.8) is 0 Å². The molecule has 0 saturated carbocycles. The van der Waals surface area contributed by atoms with E-state index in [4.69, 9.17) is 9.22 Å². The Labute approximate surface area is 304 Å². The average Bonchev–Trinajstić information content (AvgIpc) is 3.09. The topological polar surface area (TPSA) is 61.8 Å². The summed E-state index contributed by atoms with van der Waals surface area (Å²) < 4.78 is 23.9. The summed E-state index contributed by atoms with van der Waals surface area (Å²) >= 11 is -8.33. The quantitative estimate of drug-likeness (QED) is 0.0383. The van der Waals surface area contributed by atoms with Crippen LogP contribution in [-0.2, 0) is 18.8 Å². The molecule has 0 atom stereocenters. The molecule has 280 valence electrons. The van der Waals surface area contributed by atoms with E-state index in [1.54, 1.807) is 0 Å². The molecule has 1 fully saturated rings. The van der Waals surface area contributed by atoms with Gasteiger partial charge in [-0.15, -0.1) is 0 Å². The van der Waals surface area contributed by atoms with E-state index in [2.05, 4.69) is 40.9 Å². The van der Waals surface area contributed by atoms with Crippen molar-refractivity contribution >= 4 is 42.0 Å². The van der Waals surface area contributed by atoms with Gasteiger partial charge >= 0.3 is 306 Å². The molecule has 1 heterocycles. The number of rotatable bonds is 32. The van der Waals surface area contributed by atoms with E-state index in [9.17, 15) is 9.59 Å². The molecule has 48 heavy (non-hydrogen) atoms. The minimum atomic E-state index is -4.41. The van der Waals surface area contributed by atoms with Crippen molar-refractivity contribution in [2.75, 3.05) is 0 Å². The van der Waals surface area contributed by atoms with Crippen molar-refractivity contribution in [1.82, 2.24) is 0 Å². The Hall–Kier alpha value is -0.0226. The van der Waals surface area contributed by atoms with Gasteiger partial charge in [-0.3, -0.25) is 0 Å². The predicted octanol–water partition coefficient (Wildman–Crippen LogP) is 13.3. The van der Waals surface area contributed by atoms with Gasteiger partial charge in [0.05, 0.1) is 0 Å². The van der Waals surface area contributed by atoms with Crippen molar-refractivity contribution in [1.29, 1.82) is 0 Å². The molecule has 5 nitrogen and oxygen atoms in total. The van der Waals surface area contributed by atoms with E-state index in [0.717, 1.165) is 45.4 Å². The Morgan fingerprint density at radius 1 is 0.562 bits per heavy atom. The summed E-state index contributed by atoms with van der Waals surface area (Å²) in [6.45, 7) is 16.6. The number of hydrogen-bond acceptors (Lipinski definition) is 5. The van der Waals surface area contributed by atoms with E-state index in [0.29, 0.717) is 0 Å². The molecular weight excluding hydrogens is 810 g/mol. The van der Waals surface area contributed by atoms with Gasteiger partial charge in [0.1, 0.15) is 0 Å². The van der Waals surface area contributed by atoms with Crippen LogP contribution in [0.1, 0.15) is 201 Å². The minimum absolute atomic E-state index is 0.169. The second kappa shape index (κ2) is 28.6. The van der Waals surface area contributed by atoms with Crippen LogP contribution in [0.4, 0.5) is 0 Å². The SMILES string of the molecule is C=CC(=O)[O][Sn]1([O]C(=O)C=C)[CH2]CC(CCCCCCCC)(CCCCCCCC)[O][Sn]1([CH2]CCCCCCC)[CH2]CCCCCCC. The zero-order chi connectivity index (χ0) is 35.4. The molecule has 0 bridgehead atoms. The number of carbonyl (C=O) groups excluding carboxylic acids is 2. The predicted molar refractivity (Wildman–Crippen MR) is 210 cm³/mol.